The summed E-state index contributed by atoms with van der Waals surface area (Å²) >= 11 is 1.77. The molecule has 0 unspecified atom stereocenters. The number of carbonyl (C=O) groups is 3. The molecule has 1 aliphatic rings. The number of amides is 3. The smallest absolute Gasteiger partial charge is 0.390 e. The van der Waals surface area contributed by atoms with Crippen LogP contribution in [0.15, 0.2) is 85.1 Å². The van der Waals surface area contributed by atoms with Gasteiger partial charge in [0, 0.05) is 78.3 Å². The predicted octanol–water partition coefficient (Wildman–Crippen LogP) is 11.4. The number of aliphatic hydroxyl groups is 1. The quantitative estimate of drug-likeness (QED) is 0.0540. The van der Waals surface area contributed by atoms with Crippen LogP contribution >= 0.6 is 11.8 Å². The van der Waals surface area contributed by atoms with Crippen LogP contribution in [0.5, 0.6) is 0 Å². The highest BCUT2D eigenvalue weighted by atomic mass is 32.2. The molecule has 1 aliphatic heterocycles. The Morgan fingerprint density at radius 2 is 1.39 bits per heavy atom. The van der Waals surface area contributed by atoms with Crippen molar-refractivity contribution in [1.29, 1.82) is 0 Å². The third-order valence-corrected chi connectivity index (χ3v) is 13.7. The SMILES string of the molecule is CC(C)(O)CCOC(C)(C)CCNC(=O)CCC(C)(C)OCCC(C)(C)SCc1cccc(C(=O)Nc2ccc(N3CCCCC3)cc2-c2cc(C(=O)NCc3cccc(C(F)(F)F)c3)ccn2)c1. The Morgan fingerprint density at radius 1 is 0.725 bits per heavy atom. The van der Waals surface area contributed by atoms with Gasteiger partial charge in [-0.1, -0.05) is 38.1 Å². The van der Waals surface area contributed by atoms with E-state index in [9.17, 15) is 32.7 Å². The number of nitrogens with zero attached hydrogens (tertiary/aromatic N) is 2. The summed E-state index contributed by atoms with van der Waals surface area (Å²) in [6, 6.07) is 21.4. The van der Waals surface area contributed by atoms with Crippen LogP contribution in [0.3, 0.4) is 0 Å². The van der Waals surface area contributed by atoms with E-state index < -0.39 is 34.5 Å². The summed E-state index contributed by atoms with van der Waals surface area (Å²) in [7, 11) is 0. The molecule has 3 aromatic carbocycles. The molecule has 0 saturated carbocycles. The van der Waals surface area contributed by atoms with Gasteiger partial charge in [0.1, 0.15) is 0 Å². The molecule has 1 fully saturated rings. The maximum atomic E-state index is 14.0. The highest BCUT2D eigenvalue weighted by Crippen LogP contribution is 2.35. The molecule has 1 saturated heterocycles. The van der Waals surface area contributed by atoms with Gasteiger partial charge in [-0.25, -0.2) is 0 Å². The zero-order valence-corrected chi connectivity index (χ0v) is 42.4. The molecule has 4 aromatic rings. The standard InChI is InChI=1S/C54H72F3N5O6S/c1-50(2,66)24-30-67-52(5,6)23-27-59-47(63)20-22-51(3,4)68-31-25-53(7,8)69-37-39-15-12-16-40(32-39)49(65)61-45-19-18-43(62-28-10-9-11-29-62)35-44(45)46-34-41(21-26-58-46)48(64)60-36-38-14-13-17-42(33-38)54(55,56)57/h12-19,21,26,32-35,66H,9-11,20,22-25,27-31,36-37H2,1-8H3,(H,59,63)(H,60,64)(H,61,65). The number of rotatable bonds is 24. The Balaban J connectivity index is 1.15. The van der Waals surface area contributed by atoms with Crippen molar-refractivity contribution in [1.82, 2.24) is 15.6 Å². The average Bonchev–Trinajstić information content (AvgIpc) is 3.29. The number of halogens is 3. The first kappa shape index (κ1) is 55.0. The molecule has 0 aliphatic carbocycles. The molecule has 11 nitrogen and oxygen atoms in total. The molecule has 3 amide bonds. The Hall–Kier alpha value is -4.96. The average molecular weight is 976 g/mol. The Morgan fingerprint density at radius 3 is 2.10 bits per heavy atom. The summed E-state index contributed by atoms with van der Waals surface area (Å²) in [6.07, 6.45) is 3.20. The molecular weight excluding hydrogens is 904 g/mol. The highest BCUT2D eigenvalue weighted by molar-refractivity contribution is 7.99. The van der Waals surface area contributed by atoms with Crippen LogP contribution in [0.2, 0.25) is 0 Å². The molecule has 15 heteroatoms. The molecule has 0 atom stereocenters. The topological polar surface area (TPSA) is 142 Å². The lowest BCUT2D eigenvalue weighted by Gasteiger charge is -2.29. The van der Waals surface area contributed by atoms with E-state index in [4.69, 9.17) is 9.47 Å². The number of piperidine rings is 1. The summed E-state index contributed by atoms with van der Waals surface area (Å²) in [5.41, 5.74) is 2.17. The molecule has 0 spiro atoms. The van der Waals surface area contributed by atoms with Crippen LogP contribution in [-0.2, 0) is 32.7 Å². The van der Waals surface area contributed by atoms with Crippen molar-refractivity contribution in [2.24, 2.45) is 0 Å². The molecule has 2 heterocycles. The van der Waals surface area contributed by atoms with Crippen molar-refractivity contribution >= 4 is 40.9 Å². The van der Waals surface area contributed by atoms with E-state index in [1.807, 2.05) is 64.1 Å². The van der Waals surface area contributed by atoms with Gasteiger partial charge in [-0.15, -0.1) is 0 Å². The van der Waals surface area contributed by atoms with Crippen molar-refractivity contribution < 1.29 is 42.1 Å². The van der Waals surface area contributed by atoms with Crippen LogP contribution < -0.4 is 20.9 Å². The van der Waals surface area contributed by atoms with Crippen LogP contribution in [0.4, 0.5) is 24.5 Å². The minimum Gasteiger partial charge on any atom is -0.390 e. The summed E-state index contributed by atoms with van der Waals surface area (Å²) in [5.74, 6) is -0.135. The van der Waals surface area contributed by atoms with Crippen molar-refractivity contribution in [3.05, 3.63) is 113 Å². The second-order valence-corrected chi connectivity index (χ2v) is 22.1. The fourth-order valence-corrected chi connectivity index (χ4v) is 8.68. The molecule has 5 rings (SSSR count). The minimum absolute atomic E-state index is 0.0279. The first-order valence-electron chi connectivity index (χ1n) is 24.0. The van der Waals surface area contributed by atoms with Gasteiger partial charge in [0.15, 0.2) is 0 Å². The largest absolute Gasteiger partial charge is 0.416 e. The number of benzene rings is 3. The van der Waals surface area contributed by atoms with Gasteiger partial charge >= 0.3 is 6.18 Å². The molecular formula is C54H72F3N5O6S. The third-order valence-electron chi connectivity index (χ3n) is 12.2. The lowest BCUT2D eigenvalue weighted by Crippen LogP contribution is -2.35. The van der Waals surface area contributed by atoms with Crippen molar-refractivity contribution in [3.8, 4) is 11.3 Å². The second-order valence-electron chi connectivity index (χ2n) is 20.4. The van der Waals surface area contributed by atoms with E-state index in [-0.39, 0.29) is 28.7 Å². The third kappa shape index (κ3) is 18.7. The highest BCUT2D eigenvalue weighted by Gasteiger charge is 2.31. The number of anilines is 2. The number of carbonyl (C=O) groups excluding carboxylic acids is 3. The fourth-order valence-electron chi connectivity index (χ4n) is 7.71. The number of thioether (sulfide) groups is 1. The first-order chi connectivity index (χ1) is 32.4. The Bertz CT molecular complexity index is 2340. The molecule has 376 valence electrons. The number of hydrogen-bond acceptors (Lipinski definition) is 9. The minimum atomic E-state index is -4.49. The molecule has 0 radical (unpaired) electrons. The predicted molar refractivity (Wildman–Crippen MR) is 271 cm³/mol. The second kappa shape index (κ2) is 24.2. The number of pyridine rings is 1. The number of nitrogens with one attached hydrogen (secondary N) is 3. The number of hydrogen-bond donors (Lipinski definition) is 4. The maximum absolute atomic E-state index is 14.0. The zero-order valence-electron chi connectivity index (χ0n) is 41.6. The Labute approximate surface area is 411 Å². The van der Waals surface area contributed by atoms with Gasteiger partial charge in [-0.05, 0) is 152 Å². The lowest BCUT2D eigenvalue weighted by molar-refractivity contribution is -0.137. The molecule has 0 bridgehead atoms. The van der Waals surface area contributed by atoms with E-state index in [1.165, 1.54) is 18.3 Å². The van der Waals surface area contributed by atoms with Crippen molar-refractivity contribution in [2.75, 3.05) is 43.1 Å². The lowest BCUT2D eigenvalue weighted by atomic mass is 10.0. The summed E-state index contributed by atoms with van der Waals surface area (Å²) in [4.78, 5) is 46.9. The van der Waals surface area contributed by atoms with Gasteiger partial charge in [-0.2, -0.15) is 24.9 Å². The van der Waals surface area contributed by atoms with Crippen LogP contribution in [0.25, 0.3) is 11.3 Å². The van der Waals surface area contributed by atoms with Crippen LogP contribution in [-0.4, -0.2) is 82.2 Å². The molecule has 1 aromatic heterocycles. The number of ether oxygens (including phenoxy) is 2. The number of aromatic nitrogens is 1. The van der Waals surface area contributed by atoms with Crippen LogP contribution in [0, 0.1) is 0 Å². The van der Waals surface area contributed by atoms with Crippen molar-refractivity contribution in [2.45, 2.75) is 147 Å². The van der Waals surface area contributed by atoms with Gasteiger partial charge in [0.25, 0.3) is 11.8 Å². The summed E-state index contributed by atoms with van der Waals surface area (Å²) < 4.78 is 52.0. The monoisotopic (exact) mass is 976 g/mol. The van der Waals surface area contributed by atoms with Crippen LogP contribution in [0.1, 0.15) is 144 Å². The van der Waals surface area contributed by atoms with E-state index in [0.717, 1.165) is 62.2 Å². The van der Waals surface area contributed by atoms with Gasteiger partial charge in [0.2, 0.25) is 5.91 Å². The van der Waals surface area contributed by atoms with Gasteiger partial charge in [0.05, 0.1) is 40.4 Å². The Kier molecular flexibility index (Phi) is 19.3. The maximum Gasteiger partial charge on any atom is 0.416 e. The molecule has 4 N–H and O–H groups in total. The van der Waals surface area contributed by atoms with Gasteiger partial charge < -0.3 is 35.4 Å². The van der Waals surface area contributed by atoms with E-state index in [1.54, 1.807) is 43.8 Å². The van der Waals surface area contributed by atoms with Crippen molar-refractivity contribution in [3.63, 3.8) is 0 Å². The summed E-state index contributed by atoms with van der Waals surface area (Å²) in [6.45, 7) is 19.0. The van der Waals surface area contributed by atoms with Gasteiger partial charge in [-0.3, -0.25) is 19.4 Å². The fraction of sp³-hybridized carbons (Fsp3) is 0.519. The summed E-state index contributed by atoms with van der Waals surface area (Å²) in [5, 5.41) is 18.8. The zero-order chi connectivity index (χ0) is 50.5. The molecule has 69 heavy (non-hydrogen) atoms. The van der Waals surface area contributed by atoms with E-state index in [0.29, 0.717) is 79.3 Å². The van der Waals surface area contributed by atoms with E-state index >= 15 is 0 Å². The van der Waals surface area contributed by atoms with E-state index in [2.05, 4.69) is 39.7 Å². The normalized spacial score (nSPS) is 13.8. The number of alkyl halides is 3. The first-order valence-corrected chi connectivity index (χ1v) is 25.0.